The highest BCUT2D eigenvalue weighted by Crippen LogP contribution is 2.33. The molecule has 0 saturated carbocycles. The number of nitrogens with zero attached hydrogens (tertiary/aromatic N) is 2. The predicted octanol–water partition coefficient (Wildman–Crippen LogP) is 4.67. The average Bonchev–Trinajstić information content (AvgIpc) is 3.08. The van der Waals surface area contributed by atoms with Crippen LogP contribution in [0, 0.1) is 6.92 Å². The van der Waals surface area contributed by atoms with Gasteiger partial charge >= 0.3 is 0 Å². The van der Waals surface area contributed by atoms with Gasteiger partial charge < -0.3 is 15.0 Å². The van der Waals surface area contributed by atoms with Crippen molar-refractivity contribution >= 4 is 46.3 Å². The molecule has 0 unspecified atom stereocenters. The molecular weight excluding hydrogens is 438 g/mol. The maximum absolute atomic E-state index is 12.8. The molecule has 0 bridgehead atoms. The van der Waals surface area contributed by atoms with Crippen LogP contribution in [0.1, 0.15) is 30.4 Å². The Morgan fingerprint density at radius 2 is 1.82 bits per heavy atom. The molecule has 8 heteroatoms. The molecule has 2 saturated heterocycles. The Morgan fingerprint density at radius 1 is 1.09 bits per heavy atom. The van der Waals surface area contributed by atoms with Gasteiger partial charge in [0.25, 0.3) is 11.1 Å². The monoisotopic (exact) mass is 465 g/mol. The van der Waals surface area contributed by atoms with Gasteiger partial charge in [-0.25, -0.2) is 0 Å². The van der Waals surface area contributed by atoms with Crippen molar-refractivity contribution in [2.45, 2.75) is 26.2 Å². The molecule has 0 spiro atoms. The second kappa shape index (κ2) is 10.1. The van der Waals surface area contributed by atoms with Crippen LogP contribution in [0.2, 0.25) is 0 Å². The lowest BCUT2D eigenvalue weighted by Gasteiger charge is -2.29. The Hall–Kier alpha value is -3.26. The minimum absolute atomic E-state index is 0.325. The minimum Gasteiger partial charge on any atom is -0.497 e. The first-order valence-corrected chi connectivity index (χ1v) is 11.8. The van der Waals surface area contributed by atoms with Crippen LogP contribution in [0.25, 0.3) is 6.08 Å². The fourth-order valence-corrected chi connectivity index (χ4v) is 4.80. The van der Waals surface area contributed by atoms with Crippen LogP contribution in [0.5, 0.6) is 5.75 Å². The molecule has 2 fully saturated rings. The Bertz CT molecular complexity index is 1090. The van der Waals surface area contributed by atoms with Crippen molar-refractivity contribution in [1.29, 1.82) is 0 Å². The highest BCUT2D eigenvalue weighted by atomic mass is 32.2. The van der Waals surface area contributed by atoms with Crippen molar-refractivity contribution in [3.63, 3.8) is 0 Å². The quantitative estimate of drug-likeness (QED) is 0.625. The smallest absolute Gasteiger partial charge is 0.294 e. The average molecular weight is 466 g/mol. The molecule has 4 rings (SSSR count). The number of imide groups is 1. The summed E-state index contributed by atoms with van der Waals surface area (Å²) in [6.07, 6.45) is 5.43. The van der Waals surface area contributed by atoms with Gasteiger partial charge in [-0.15, -0.1) is 0 Å². The van der Waals surface area contributed by atoms with Crippen LogP contribution in [0.4, 0.5) is 16.2 Å². The van der Waals surface area contributed by atoms with E-state index < -0.39 is 17.1 Å². The molecule has 2 aromatic rings. The number of methoxy groups -OCH3 is 1. The van der Waals surface area contributed by atoms with Crippen molar-refractivity contribution in [3.05, 3.63) is 58.5 Å². The first kappa shape index (κ1) is 22.9. The summed E-state index contributed by atoms with van der Waals surface area (Å²) >= 11 is 0.862. The topological polar surface area (TPSA) is 79.0 Å². The highest BCUT2D eigenvalue weighted by molar-refractivity contribution is 8.18. The first-order valence-electron chi connectivity index (χ1n) is 11.0. The van der Waals surface area contributed by atoms with Gasteiger partial charge in [0.1, 0.15) is 12.3 Å². The normalized spacial score (nSPS) is 17.6. The van der Waals surface area contributed by atoms with Crippen molar-refractivity contribution in [2.75, 3.05) is 37.0 Å². The summed E-state index contributed by atoms with van der Waals surface area (Å²) < 4.78 is 5.09. The van der Waals surface area contributed by atoms with E-state index >= 15 is 0 Å². The number of carbonyl (C=O) groups excluding carboxylic acids is 3. The van der Waals surface area contributed by atoms with Gasteiger partial charge in [-0.1, -0.05) is 6.07 Å². The molecule has 2 aliphatic heterocycles. The molecule has 3 amide bonds. The highest BCUT2D eigenvalue weighted by Gasteiger charge is 2.36. The van der Waals surface area contributed by atoms with Crippen LogP contribution in [0.3, 0.4) is 0 Å². The minimum atomic E-state index is -0.450. The van der Waals surface area contributed by atoms with Gasteiger partial charge in [0, 0.05) is 24.5 Å². The Morgan fingerprint density at radius 3 is 2.48 bits per heavy atom. The zero-order valence-corrected chi connectivity index (χ0v) is 19.6. The second-order valence-electron chi connectivity index (χ2n) is 8.13. The number of piperidine rings is 1. The molecule has 2 aromatic carbocycles. The molecule has 172 valence electrons. The summed E-state index contributed by atoms with van der Waals surface area (Å²) in [6, 6.07) is 13.0. The Balaban J connectivity index is 1.42. The molecule has 0 aliphatic carbocycles. The zero-order chi connectivity index (χ0) is 23.4. The molecular formula is C25H27N3O4S. The molecule has 2 aliphatic rings. The Kier molecular flexibility index (Phi) is 7.03. The summed E-state index contributed by atoms with van der Waals surface area (Å²) in [5, 5.41) is 2.25. The van der Waals surface area contributed by atoms with Crippen LogP contribution in [-0.4, -0.2) is 48.7 Å². The lowest BCUT2D eigenvalue weighted by Crippen LogP contribution is -2.36. The van der Waals surface area contributed by atoms with E-state index in [-0.39, 0.29) is 6.54 Å². The number of nitrogens with one attached hydrogen (secondary N) is 1. The van der Waals surface area contributed by atoms with E-state index in [1.54, 1.807) is 37.5 Å². The van der Waals surface area contributed by atoms with Gasteiger partial charge in [0.05, 0.1) is 12.0 Å². The first-order chi connectivity index (χ1) is 15.9. The van der Waals surface area contributed by atoms with Crippen LogP contribution in [-0.2, 0) is 9.59 Å². The second-order valence-corrected chi connectivity index (χ2v) is 9.13. The summed E-state index contributed by atoms with van der Waals surface area (Å²) in [4.78, 5) is 41.3. The van der Waals surface area contributed by atoms with E-state index in [4.69, 9.17) is 4.74 Å². The largest absolute Gasteiger partial charge is 0.497 e. The third-order valence-electron chi connectivity index (χ3n) is 5.81. The molecule has 1 N–H and O–H groups in total. The van der Waals surface area contributed by atoms with Crippen molar-refractivity contribution in [3.8, 4) is 5.75 Å². The van der Waals surface area contributed by atoms with Crippen molar-refractivity contribution in [1.82, 2.24) is 4.90 Å². The number of benzene rings is 2. The summed E-state index contributed by atoms with van der Waals surface area (Å²) in [6.45, 7) is 3.80. The van der Waals surface area contributed by atoms with E-state index in [1.165, 1.54) is 24.9 Å². The van der Waals surface area contributed by atoms with Gasteiger partial charge in [-0.05, 0) is 91.5 Å². The van der Waals surface area contributed by atoms with Crippen molar-refractivity contribution < 1.29 is 19.1 Å². The summed E-state index contributed by atoms with van der Waals surface area (Å²) in [7, 11) is 1.56. The maximum atomic E-state index is 12.8. The molecule has 7 nitrogen and oxygen atoms in total. The number of aryl methyl sites for hydroxylation is 1. The number of ether oxygens (including phenoxy) is 1. The molecule has 0 atom stereocenters. The van der Waals surface area contributed by atoms with Crippen LogP contribution in [0.15, 0.2) is 47.4 Å². The fraction of sp³-hybridized carbons (Fsp3) is 0.320. The number of hydrogen-bond acceptors (Lipinski definition) is 6. The third-order valence-corrected chi connectivity index (χ3v) is 6.72. The SMILES string of the molecule is COc1ccc(NC(=O)CN2C(=O)S/C(=C/c3ccc(N4CCCCC4)cc3C)C2=O)cc1. The lowest BCUT2D eigenvalue weighted by atomic mass is 10.0. The lowest BCUT2D eigenvalue weighted by molar-refractivity contribution is -0.127. The molecule has 0 aromatic heterocycles. The fourth-order valence-electron chi connectivity index (χ4n) is 3.97. The number of anilines is 2. The maximum Gasteiger partial charge on any atom is 0.294 e. The summed E-state index contributed by atoms with van der Waals surface area (Å²) in [5.41, 5.74) is 3.69. The van der Waals surface area contributed by atoms with Gasteiger partial charge in [-0.3, -0.25) is 19.3 Å². The van der Waals surface area contributed by atoms with Gasteiger partial charge in [0.15, 0.2) is 0 Å². The third kappa shape index (κ3) is 5.39. The number of rotatable bonds is 6. The molecule has 2 heterocycles. The van der Waals surface area contributed by atoms with Crippen molar-refractivity contribution in [2.24, 2.45) is 0 Å². The van der Waals surface area contributed by atoms with Gasteiger partial charge in [0.2, 0.25) is 5.91 Å². The van der Waals surface area contributed by atoms with Crippen LogP contribution < -0.4 is 15.0 Å². The van der Waals surface area contributed by atoms with Gasteiger partial charge in [-0.2, -0.15) is 0 Å². The summed E-state index contributed by atoms with van der Waals surface area (Å²) in [5.74, 6) is -0.219. The standard InChI is InChI=1S/C25H27N3O4S/c1-17-14-20(27-12-4-3-5-13-27)9-6-18(17)15-22-24(30)28(25(31)33-22)16-23(29)26-19-7-10-21(32-2)11-8-19/h6-11,14-15H,3-5,12-13,16H2,1-2H3,(H,26,29)/b22-15+. The van der Waals surface area contributed by atoms with E-state index in [9.17, 15) is 14.4 Å². The number of amides is 3. The van der Waals surface area contributed by atoms with E-state index in [0.717, 1.165) is 40.9 Å². The molecule has 33 heavy (non-hydrogen) atoms. The van der Waals surface area contributed by atoms with Crippen LogP contribution >= 0.6 is 11.8 Å². The van der Waals surface area contributed by atoms with E-state index in [2.05, 4.69) is 22.3 Å². The number of carbonyl (C=O) groups is 3. The zero-order valence-electron chi connectivity index (χ0n) is 18.8. The molecule has 0 radical (unpaired) electrons. The Labute approximate surface area is 197 Å². The number of thioether (sulfide) groups is 1. The van der Waals surface area contributed by atoms with E-state index in [0.29, 0.717) is 16.3 Å². The number of hydrogen-bond donors (Lipinski definition) is 1. The predicted molar refractivity (Wildman–Crippen MR) is 132 cm³/mol. The van der Waals surface area contributed by atoms with E-state index in [1.807, 2.05) is 13.0 Å².